The van der Waals surface area contributed by atoms with E-state index in [1.54, 1.807) is 15.8 Å². The minimum absolute atomic E-state index is 0.0282. The van der Waals surface area contributed by atoms with E-state index in [9.17, 15) is 9.59 Å². The number of hydrogen-bond donors (Lipinski definition) is 0. The Balaban J connectivity index is 2.07. The molecule has 19 heavy (non-hydrogen) atoms. The number of rotatable bonds is 2. The molecule has 6 heteroatoms. The summed E-state index contributed by atoms with van der Waals surface area (Å²) in [7, 11) is 0. The van der Waals surface area contributed by atoms with Crippen LogP contribution in [0, 0.1) is 6.92 Å². The van der Waals surface area contributed by atoms with Crippen LogP contribution in [0.2, 0.25) is 0 Å². The minimum Gasteiger partial charge on any atom is -0.341 e. The lowest BCUT2D eigenvalue weighted by Gasteiger charge is -2.15. The standard InChI is InChI=1S/C13H15N3O2S/c1-3-15-5-9(4-10(15)17)16-7-14-12-11(13(16)18)8(2)6-19-12/h6-7,9H,3-5H2,1-2H3. The quantitative estimate of drug-likeness (QED) is 0.837. The van der Waals surface area contributed by atoms with Crippen LogP contribution in [0.4, 0.5) is 0 Å². The largest absolute Gasteiger partial charge is 0.341 e. The summed E-state index contributed by atoms with van der Waals surface area (Å²) in [6.07, 6.45) is 1.97. The number of carbonyl (C=O) groups is 1. The fraction of sp³-hybridized carbons (Fsp3) is 0.462. The van der Waals surface area contributed by atoms with Gasteiger partial charge in [0.25, 0.3) is 5.56 Å². The van der Waals surface area contributed by atoms with Gasteiger partial charge in [0.2, 0.25) is 5.91 Å². The lowest BCUT2D eigenvalue weighted by atomic mass is 10.2. The number of amides is 1. The molecule has 1 atom stereocenters. The Kier molecular flexibility index (Phi) is 2.89. The number of carbonyl (C=O) groups excluding carboxylic acids is 1. The van der Waals surface area contributed by atoms with Crippen LogP contribution in [-0.4, -0.2) is 33.4 Å². The van der Waals surface area contributed by atoms with Gasteiger partial charge in [0.1, 0.15) is 4.83 Å². The maximum absolute atomic E-state index is 12.5. The zero-order chi connectivity index (χ0) is 13.6. The summed E-state index contributed by atoms with van der Waals surface area (Å²) >= 11 is 1.48. The van der Waals surface area contributed by atoms with E-state index in [1.165, 1.54) is 11.3 Å². The molecule has 1 fully saturated rings. The first kappa shape index (κ1) is 12.3. The smallest absolute Gasteiger partial charge is 0.262 e. The second kappa shape index (κ2) is 4.45. The fourth-order valence-corrected chi connectivity index (χ4v) is 3.47. The Labute approximate surface area is 114 Å². The van der Waals surface area contributed by atoms with Gasteiger partial charge in [-0.15, -0.1) is 11.3 Å². The SMILES string of the molecule is CCN1CC(n2cnc3scc(C)c3c2=O)CC1=O. The Bertz CT molecular complexity index is 703. The van der Waals surface area contributed by atoms with Crippen LogP contribution in [0.15, 0.2) is 16.5 Å². The van der Waals surface area contributed by atoms with Crippen molar-refractivity contribution in [1.82, 2.24) is 14.5 Å². The Hall–Kier alpha value is -1.69. The number of likely N-dealkylation sites (tertiary alicyclic amines) is 1. The maximum Gasteiger partial charge on any atom is 0.262 e. The van der Waals surface area contributed by atoms with E-state index < -0.39 is 0 Å². The summed E-state index contributed by atoms with van der Waals surface area (Å²) in [5.74, 6) is 0.113. The molecule has 3 heterocycles. The van der Waals surface area contributed by atoms with Crippen molar-refractivity contribution >= 4 is 27.5 Å². The van der Waals surface area contributed by atoms with E-state index in [0.717, 1.165) is 10.4 Å². The third-order valence-electron chi connectivity index (χ3n) is 3.67. The molecule has 0 aromatic carbocycles. The van der Waals surface area contributed by atoms with Gasteiger partial charge in [0, 0.05) is 19.5 Å². The normalized spacial score (nSPS) is 19.6. The Morgan fingerprint density at radius 3 is 2.95 bits per heavy atom. The van der Waals surface area contributed by atoms with Gasteiger partial charge in [0.05, 0.1) is 17.8 Å². The highest BCUT2D eigenvalue weighted by Gasteiger charge is 2.30. The van der Waals surface area contributed by atoms with Crippen LogP contribution in [0.1, 0.15) is 24.9 Å². The number of nitrogens with zero attached hydrogens (tertiary/aromatic N) is 3. The molecule has 2 aromatic heterocycles. The number of likely N-dealkylation sites (N-methyl/N-ethyl adjacent to an activating group) is 1. The average molecular weight is 277 g/mol. The average Bonchev–Trinajstić information content (AvgIpc) is 2.94. The zero-order valence-corrected chi connectivity index (χ0v) is 11.7. The third-order valence-corrected chi connectivity index (χ3v) is 4.68. The molecule has 0 radical (unpaired) electrons. The molecule has 0 saturated carbocycles. The van der Waals surface area contributed by atoms with Crippen LogP contribution in [-0.2, 0) is 4.79 Å². The summed E-state index contributed by atoms with van der Waals surface area (Å²) in [4.78, 5) is 31.2. The van der Waals surface area contributed by atoms with Crippen molar-refractivity contribution in [2.24, 2.45) is 0 Å². The van der Waals surface area contributed by atoms with Gasteiger partial charge >= 0.3 is 0 Å². The Morgan fingerprint density at radius 2 is 2.26 bits per heavy atom. The molecule has 1 amide bonds. The van der Waals surface area contributed by atoms with Crippen molar-refractivity contribution in [3.05, 3.63) is 27.6 Å². The van der Waals surface area contributed by atoms with Crippen molar-refractivity contribution < 1.29 is 4.79 Å². The van der Waals surface area contributed by atoms with Crippen molar-refractivity contribution in [3.8, 4) is 0 Å². The number of hydrogen-bond acceptors (Lipinski definition) is 4. The van der Waals surface area contributed by atoms with E-state index in [-0.39, 0.29) is 17.5 Å². The first-order valence-corrected chi connectivity index (χ1v) is 7.22. The van der Waals surface area contributed by atoms with Crippen molar-refractivity contribution in [2.75, 3.05) is 13.1 Å². The predicted molar refractivity (Wildman–Crippen MR) is 74.5 cm³/mol. The molecular weight excluding hydrogens is 262 g/mol. The van der Waals surface area contributed by atoms with Crippen LogP contribution < -0.4 is 5.56 Å². The molecule has 2 aromatic rings. The van der Waals surface area contributed by atoms with Crippen molar-refractivity contribution in [3.63, 3.8) is 0 Å². The molecular formula is C13H15N3O2S. The van der Waals surface area contributed by atoms with Crippen LogP contribution >= 0.6 is 11.3 Å². The van der Waals surface area contributed by atoms with Gasteiger partial charge in [0.15, 0.2) is 0 Å². The van der Waals surface area contributed by atoms with Crippen LogP contribution in [0.25, 0.3) is 10.2 Å². The van der Waals surface area contributed by atoms with Gasteiger partial charge in [-0.1, -0.05) is 0 Å². The molecule has 1 saturated heterocycles. The highest BCUT2D eigenvalue weighted by atomic mass is 32.1. The molecule has 1 unspecified atom stereocenters. The number of fused-ring (bicyclic) bond motifs is 1. The second-order valence-corrected chi connectivity index (χ2v) is 5.70. The summed E-state index contributed by atoms with van der Waals surface area (Å²) < 4.78 is 1.62. The second-order valence-electron chi connectivity index (χ2n) is 4.85. The molecule has 1 aliphatic rings. The minimum atomic E-state index is -0.0869. The predicted octanol–water partition coefficient (Wildman–Crippen LogP) is 1.56. The number of aromatic nitrogens is 2. The van der Waals surface area contributed by atoms with E-state index in [0.29, 0.717) is 24.9 Å². The first-order chi connectivity index (χ1) is 9.11. The van der Waals surface area contributed by atoms with E-state index in [2.05, 4.69) is 4.98 Å². The molecule has 100 valence electrons. The van der Waals surface area contributed by atoms with Gasteiger partial charge < -0.3 is 4.90 Å². The number of thiophene rings is 1. The van der Waals surface area contributed by atoms with Gasteiger partial charge in [-0.25, -0.2) is 4.98 Å². The highest BCUT2D eigenvalue weighted by molar-refractivity contribution is 7.16. The van der Waals surface area contributed by atoms with Crippen molar-refractivity contribution in [2.45, 2.75) is 26.3 Å². The highest BCUT2D eigenvalue weighted by Crippen LogP contribution is 2.24. The zero-order valence-electron chi connectivity index (χ0n) is 10.9. The monoisotopic (exact) mass is 277 g/mol. The lowest BCUT2D eigenvalue weighted by molar-refractivity contribution is -0.127. The topological polar surface area (TPSA) is 55.2 Å². The first-order valence-electron chi connectivity index (χ1n) is 6.34. The summed E-state index contributed by atoms with van der Waals surface area (Å²) in [6.45, 7) is 5.17. The molecule has 5 nitrogen and oxygen atoms in total. The van der Waals surface area contributed by atoms with E-state index in [1.807, 2.05) is 19.2 Å². The summed E-state index contributed by atoms with van der Waals surface area (Å²) in [5.41, 5.74) is 0.933. The summed E-state index contributed by atoms with van der Waals surface area (Å²) in [5, 5.41) is 2.64. The molecule has 0 N–H and O–H groups in total. The van der Waals surface area contributed by atoms with Crippen LogP contribution in [0.5, 0.6) is 0 Å². The van der Waals surface area contributed by atoms with Crippen LogP contribution in [0.3, 0.4) is 0 Å². The van der Waals surface area contributed by atoms with Gasteiger partial charge in [-0.3, -0.25) is 14.2 Å². The van der Waals surface area contributed by atoms with Crippen molar-refractivity contribution in [1.29, 1.82) is 0 Å². The molecule has 0 aliphatic carbocycles. The van der Waals surface area contributed by atoms with E-state index >= 15 is 0 Å². The molecule has 3 rings (SSSR count). The van der Waals surface area contributed by atoms with E-state index in [4.69, 9.17) is 0 Å². The molecule has 0 spiro atoms. The lowest BCUT2D eigenvalue weighted by Crippen LogP contribution is -2.28. The Morgan fingerprint density at radius 1 is 1.47 bits per heavy atom. The van der Waals surface area contributed by atoms with Gasteiger partial charge in [-0.05, 0) is 24.8 Å². The summed E-state index contributed by atoms with van der Waals surface area (Å²) in [6, 6.07) is -0.0869. The maximum atomic E-state index is 12.5. The fourth-order valence-electron chi connectivity index (χ4n) is 2.59. The number of aryl methyl sites for hydroxylation is 1. The third kappa shape index (κ3) is 1.87. The molecule has 0 bridgehead atoms. The molecule has 1 aliphatic heterocycles. The van der Waals surface area contributed by atoms with Gasteiger partial charge in [-0.2, -0.15) is 0 Å².